The van der Waals surface area contributed by atoms with E-state index in [2.05, 4.69) is 4.72 Å². The van der Waals surface area contributed by atoms with Crippen LogP contribution in [0, 0.1) is 0 Å². The number of benzene rings is 1. The second-order valence-corrected chi connectivity index (χ2v) is 6.68. The van der Waals surface area contributed by atoms with Crippen molar-refractivity contribution in [2.45, 2.75) is 18.2 Å². The summed E-state index contributed by atoms with van der Waals surface area (Å²) in [6.45, 7) is 1.78. The quantitative estimate of drug-likeness (QED) is 0.827. The van der Waals surface area contributed by atoms with Gasteiger partial charge in [-0.15, -0.1) is 0 Å². The molecule has 0 unspecified atom stereocenters. The molecule has 1 aromatic heterocycles. The van der Waals surface area contributed by atoms with Crippen LogP contribution in [0.5, 0.6) is 0 Å². The van der Waals surface area contributed by atoms with Gasteiger partial charge in [-0.1, -0.05) is 12.1 Å². The lowest BCUT2D eigenvalue weighted by molar-refractivity contribution is 0.101. The zero-order chi connectivity index (χ0) is 15.5. The Morgan fingerprint density at radius 3 is 2.38 bits per heavy atom. The van der Waals surface area contributed by atoms with Crippen molar-refractivity contribution in [1.29, 1.82) is 0 Å². The predicted molar refractivity (Wildman–Crippen MR) is 80.8 cm³/mol. The van der Waals surface area contributed by atoms with Gasteiger partial charge in [-0.05, 0) is 37.1 Å². The number of aromatic nitrogens is 1. The van der Waals surface area contributed by atoms with E-state index in [1.807, 2.05) is 30.1 Å². The van der Waals surface area contributed by atoms with Crippen molar-refractivity contribution in [2.24, 2.45) is 7.05 Å². The van der Waals surface area contributed by atoms with Crippen LogP contribution >= 0.6 is 0 Å². The highest BCUT2D eigenvalue weighted by Gasteiger charge is 2.13. The molecule has 0 atom stereocenters. The van der Waals surface area contributed by atoms with Gasteiger partial charge in [0.2, 0.25) is 10.0 Å². The second kappa shape index (κ2) is 6.24. The van der Waals surface area contributed by atoms with Gasteiger partial charge in [-0.2, -0.15) is 0 Å². The maximum atomic E-state index is 12.1. The molecule has 2 rings (SSSR count). The number of ketones is 1. The number of Topliss-reactive ketones (excluding diaryl/α,β-unsaturated/α-hetero) is 1. The third-order valence-electron chi connectivity index (χ3n) is 3.17. The first-order valence-electron chi connectivity index (χ1n) is 6.60. The average Bonchev–Trinajstić information content (AvgIpc) is 2.84. The van der Waals surface area contributed by atoms with Gasteiger partial charge >= 0.3 is 0 Å². The Labute approximate surface area is 124 Å². The van der Waals surface area contributed by atoms with Crippen molar-refractivity contribution in [3.63, 3.8) is 0 Å². The van der Waals surface area contributed by atoms with Crippen molar-refractivity contribution in [3.8, 4) is 0 Å². The van der Waals surface area contributed by atoms with Crippen LogP contribution in [0.3, 0.4) is 0 Å². The minimum absolute atomic E-state index is 0.0871. The van der Waals surface area contributed by atoms with Gasteiger partial charge in [-0.25, -0.2) is 13.1 Å². The van der Waals surface area contributed by atoms with Crippen molar-refractivity contribution >= 4 is 15.8 Å². The number of aryl methyl sites for hydroxylation is 1. The molecule has 0 aliphatic heterocycles. The molecule has 2 aromatic rings. The fraction of sp³-hybridized carbons (Fsp3) is 0.267. The van der Waals surface area contributed by atoms with Crippen LogP contribution in [0.25, 0.3) is 0 Å². The molecule has 0 radical (unpaired) electrons. The molecule has 0 aliphatic carbocycles. The predicted octanol–water partition coefficient (Wildman–Crippen LogP) is 1.75. The SMILES string of the molecule is CC(=O)c1ccc(S(=O)(=O)NCCc2ccn(C)c2)cc1. The van der Waals surface area contributed by atoms with Crippen LogP contribution in [0.15, 0.2) is 47.6 Å². The summed E-state index contributed by atoms with van der Waals surface area (Å²) in [5.41, 5.74) is 1.57. The van der Waals surface area contributed by atoms with Gasteiger partial charge in [0.05, 0.1) is 4.90 Å². The summed E-state index contributed by atoms with van der Waals surface area (Å²) in [7, 11) is -1.61. The number of rotatable bonds is 6. The molecular formula is C15H18N2O3S. The summed E-state index contributed by atoms with van der Waals surface area (Å²) in [5, 5.41) is 0. The summed E-state index contributed by atoms with van der Waals surface area (Å²) in [6.07, 6.45) is 4.51. The van der Waals surface area contributed by atoms with E-state index in [4.69, 9.17) is 0 Å². The fourth-order valence-electron chi connectivity index (χ4n) is 1.99. The minimum atomic E-state index is -3.53. The lowest BCUT2D eigenvalue weighted by atomic mass is 10.2. The Hall–Kier alpha value is -1.92. The lowest BCUT2D eigenvalue weighted by Gasteiger charge is -2.06. The topological polar surface area (TPSA) is 68.2 Å². The summed E-state index contributed by atoms with van der Waals surface area (Å²) in [5.74, 6) is -0.0871. The first-order chi connectivity index (χ1) is 9.88. The van der Waals surface area contributed by atoms with E-state index < -0.39 is 10.0 Å². The number of nitrogens with one attached hydrogen (secondary N) is 1. The zero-order valence-corrected chi connectivity index (χ0v) is 12.9. The lowest BCUT2D eigenvalue weighted by Crippen LogP contribution is -2.25. The van der Waals surface area contributed by atoms with Crippen LogP contribution in [-0.2, 0) is 23.5 Å². The molecule has 1 aromatic carbocycles. The molecule has 5 nitrogen and oxygen atoms in total. The Bertz CT molecular complexity index is 731. The standard InChI is InChI=1S/C15H18N2O3S/c1-12(18)14-3-5-15(6-4-14)21(19,20)16-9-7-13-8-10-17(2)11-13/h3-6,8,10-11,16H,7,9H2,1-2H3. The Balaban J connectivity index is 1.99. The molecule has 0 aliphatic rings. The molecular weight excluding hydrogens is 288 g/mol. The fourth-order valence-corrected chi connectivity index (χ4v) is 3.02. The second-order valence-electron chi connectivity index (χ2n) is 4.91. The van der Waals surface area contributed by atoms with Crippen LogP contribution in [-0.4, -0.2) is 25.3 Å². The van der Waals surface area contributed by atoms with Gasteiger partial charge in [0, 0.05) is 31.5 Å². The molecule has 0 fully saturated rings. The summed E-state index contributed by atoms with van der Waals surface area (Å²) >= 11 is 0. The Morgan fingerprint density at radius 1 is 1.19 bits per heavy atom. The molecule has 21 heavy (non-hydrogen) atoms. The maximum absolute atomic E-state index is 12.1. The smallest absolute Gasteiger partial charge is 0.240 e. The number of hydrogen-bond donors (Lipinski definition) is 1. The van der Waals surface area contributed by atoms with E-state index in [0.29, 0.717) is 18.5 Å². The van der Waals surface area contributed by atoms with Crippen LogP contribution < -0.4 is 4.72 Å². The third-order valence-corrected chi connectivity index (χ3v) is 4.65. The molecule has 0 spiro atoms. The Kier molecular flexibility index (Phi) is 4.59. The van der Waals surface area contributed by atoms with E-state index in [1.165, 1.54) is 31.2 Å². The van der Waals surface area contributed by atoms with Crippen molar-refractivity contribution in [2.75, 3.05) is 6.54 Å². The van der Waals surface area contributed by atoms with Crippen molar-refractivity contribution in [3.05, 3.63) is 53.9 Å². The van der Waals surface area contributed by atoms with Crippen molar-refractivity contribution in [1.82, 2.24) is 9.29 Å². The summed E-state index contributed by atoms with van der Waals surface area (Å²) in [6, 6.07) is 7.89. The zero-order valence-electron chi connectivity index (χ0n) is 12.0. The van der Waals surface area contributed by atoms with Gasteiger partial charge in [-0.3, -0.25) is 4.79 Å². The first-order valence-corrected chi connectivity index (χ1v) is 8.08. The number of sulfonamides is 1. The molecule has 0 saturated carbocycles. The molecule has 0 amide bonds. The largest absolute Gasteiger partial charge is 0.357 e. The van der Waals surface area contributed by atoms with Crippen molar-refractivity contribution < 1.29 is 13.2 Å². The van der Waals surface area contributed by atoms with Crippen LogP contribution in [0.2, 0.25) is 0 Å². The van der Waals surface area contributed by atoms with Crippen LogP contribution in [0.4, 0.5) is 0 Å². The van der Waals surface area contributed by atoms with E-state index in [1.54, 1.807) is 0 Å². The highest BCUT2D eigenvalue weighted by molar-refractivity contribution is 7.89. The summed E-state index contributed by atoms with van der Waals surface area (Å²) < 4.78 is 28.7. The van der Waals surface area contributed by atoms with E-state index >= 15 is 0 Å². The third kappa shape index (κ3) is 4.03. The highest BCUT2D eigenvalue weighted by Crippen LogP contribution is 2.11. The number of hydrogen-bond acceptors (Lipinski definition) is 3. The molecule has 6 heteroatoms. The summed E-state index contributed by atoms with van der Waals surface area (Å²) in [4.78, 5) is 11.3. The van der Waals surface area contributed by atoms with Gasteiger partial charge in [0.25, 0.3) is 0 Å². The van der Waals surface area contributed by atoms with Crippen LogP contribution in [0.1, 0.15) is 22.8 Å². The number of carbonyl (C=O) groups excluding carboxylic acids is 1. The van der Waals surface area contributed by atoms with Gasteiger partial charge in [0.15, 0.2) is 5.78 Å². The first kappa shape index (κ1) is 15.5. The minimum Gasteiger partial charge on any atom is -0.357 e. The van der Waals surface area contributed by atoms with Gasteiger partial charge < -0.3 is 4.57 Å². The van der Waals surface area contributed by atoms with Gasteiger partial charge in [0.1, 0.15) is 0 Å². The highest BCUT2D eigenvalue weighted by atomic mass is 32.2. The Morgan fingerprint density at radius 2 is 1.86 bits per heavy atom. The van der Waals surface area contributed by atoms with E-state index in [9.17, 15) is 13.2 Å². The molecule has 0 saturated heterocycles. The average molecular weight is 306 g/mol. The molecule has 112 valence electrons. The molecule has 1 N–H and O–H groups in total. The molecule has 0 bridgehead atoms. The number of carbonyl (C=O) groups is 1. The van der Waals surface area contributed by atoms with E-state index in [-0.39, 0.29) is 10.7 Å². The monoisotopic (exact) mass is 306 g/mol. The number of nitrogens with zero attached hydrogens (tertiary/aromatic N) is 1. The molecule has 1 heterocycles. The van der Waals surface area contributed by atoms with E-state index in [0.717, 1.165) is 5.56 Å². The normalized spacial score (nSPS) is 11.5. The maximum Gasteiger partial charge on any atom is 0.240 e.